The number of halogens is 2. The molecule has 0 saturated heterocycles. The summed E-state index contributed by atoms with van der Waals surface area (Å²) in [5.74, 6) is -0.974. The summed E-state index contributed by atoms with van der Waals surface area (Å²) >= 11 is 11.2. The lowest BCUT2D eigenvalue weighted by atomic mass is 10.2. The van der Waals surface area contributed by atoms with Crippen LogP contribution in [0, 0.1) is 0 Å². The molecule has 0 fully saturated rings. The van der Waals surface area contributed by atoms with Crippen molar-refractivity contribution in [2.24, 2.45) is 0 Å². The molecule has 19 heavy (non-hydrogen) atoms. The van der Waals surface area contributed by atoms with Crippen LogP contribution in [0.4, 0.5) is 5.69 Å². The average molecular weight is 361 g/mol. The number of thiophene rings is 1. The first-order valence-electron chi connectivity index (χ1n) is 5.44. The summed E-state index contributed by atoms with van der Waals surface area (Å²) in [6.45, 7) is 0.717. The number of hydrogen-bond donors (Lipinski definition) is 1. The molecule has 1 N–H and O–H groups in total. The summed E-state index contributed by atoms with van der Waals surface area (Å²) in [5, 5.41) is 11.4. The van der Waals surface area contributed by atoms with Crippen molar-refractivity contribution in [2.45, 2.75) is 6.54 Å². The maximum absolute atomic E-state index is 10.9. The van der Waals surface area contributed by atoms with Gasteiger partial charge in [0.05, 0.1) is 20.1 Å². The van der Waals surface area contributed by atoms with E-state index in [2.05, 4.69) is 27.4 Å². The fourth-order valence-electron chi connectivity index (χ4n) is 1.74. The Morgan fingerprint density at radius 2 is 2.21 bits per heavy atom. The van der Waals surface area contributed by atoms with Crippen molar-refractivity contribution in [3.8, 4) is 0 Å². The van der Waals surface area contributed by atoms with E-state index in [0.717, 1.165) is 9.47 Å². The Hall–Kier alpha value is -1.04. The van der Waals surface area contributed by atoms with E-state index in [0.29, 0.717) is 11.6 Å². The van der Waals surface area contributed by atoms with Crippen LogP contribution in [0.5, 0.6) is 0 Å². The van der Waals surface area contributed by atoms with Gasteiger partial charge in [-0.05, 0) is 51.1 Å². The minimum atomic E-state index is -0.974. The first kappa shape index (κ1) is 14.4. The van der Waals surface area contributed by atoms with E-state index >= 15 is 0 Å². The van der Waals surface area contributed by atoms with E-state index in [1.165, 1.54) is 11.6 Å². The van der Waals surface area contributed by atoms with Crippen LogP contribution in [0.25, 0.3) is 0 Å². The van der Waals surface area contributed by atoms with E-state index in [4.69, 9.17) is 16.7 Å². The molecule has 0 aliphatic carbocycles. The monoisotopic (exact) mass is 359 g/mol. The van der Waals surface area contributed by atoms with E-state index in [1.807, 2.05) is 11.9 Å². The third kappa shape index (κ3) is 3.49. The first-order chi connectivity index (χ1) is 8.97. The normalized spacial score (nSPS) is 10.5. The van der Waals surface area contributed by atoms with Crippen molar-refractivity contribution < 1.29 is 9.90 Å². The third-order valence-electron chi connectivity index (χ3n) is 2.65. The zero-order valence-corrected chi connectivity index (χ0v) is 13.2. The number of rotatable bonds is 4. The number of carboxylic acids is 1. The summed E-state index contributed by atoms with van der Waals surface area (Å²) in [6.07, 6.45) is 0. The van der Waals surface area contributed by atoms with Gasteiger partial charge in [-0.1, -0.05) is 11.6 Å². The molecule has 100 valence electrons. The molecule has 6 heteroatoms. The molecule has 3 nitrogen and oxygen atoms in total. The number of hydrogen-bond acceptors (Lipinski definition) is 3. The molecule has 1 aromatic carbocycles. The van der Waals surface area contributed by atoms with E-state index in [1.54, 1.807) is 23.5 Å². The molecule has 0 aliphatic heterocycles. The van der Waals surface area contributed by atoms with E-state index in [-0.39, 0.29) is 5.56 Å². The number of carbonyl (C=O) groups is 1. The molecule has 2 rings (SSSR count). The molecule has 0 saturated carbocycles. The first-order valence-corrected chi connectivity index (χ1v) is 7.49. The predicted molar refractivity (Wildman–Crippen MR) is 82.5 cm³/mol. The van der Waals surface area contributed by atoms with Gasteiger partial charge in [0.1, 0.15) is 0 Å². The summed E-state index contributed by atoms with van der Waals surface area (Å²) in [4.78, 5) is 12.8. The molecule has 0 bridgehead atoms. The van der Waals surface area contributed by atoms with Gasteiger partial charge in [-0.25, -0.2) is 4.79 Å². The van der Waals surface area contributed by atoms with Crippen molar-refractivity contribution in [3.05, 3.63) is 49.6 Å². The highest BCUT2D eigenvalue weighted by Gasteiger charge is 2.11. The second kappa shape index (κ2) is 5.94. The molecule has 2 aromatic rings. The molecule has 0 amide bonds. The lowest BCUT2D eigenvalue weighted by molar-refractivity contribution is 0.0697. The topological polar surface area (TPSA) is 40.5 Å². The smallest absolute Gasteiger partial charge is 0.335 e. The van der Waals surface area contributed by atoms with Crippen molar-refractivity contribution in [1.82, 2.24) is 0 Å². The number of benzene rings is 1. The second-order valence-electron chi connectivity index (χ2n) is 4.09. The number of nitrogens with zero attached hydrogens (tertiary/aromatic N) is 1. The lowest BCUT2D eigenvalue weighted by Gasteiger charge is -2.20. The average Bonchev–Trinajstić information content (AvgIpc) is 2.74. The van der Waals surface area contributed by atoms with E-state index in [9.17, 15) is 4.79 Å². The molecule has 0 aliphatic rings. The van der Waals surface area contributed by atoms with Gasteiger partial charge in [0.15, 0.2) is 0 Å². The molecule has 1 aromatic heterocycles. The lowest BCUT2D eigenvalue weighted by Crippen LogP contribution is -2.16. The molecule has 0 atom stereocenters. The van der Waals surface area contributed by atoms with Crippen LogP contribution in [0.15, 0.2) is 33.4 Å². The predicted octanol–water partition coefficient (Wildman–Crippen LogP) is 4.50. The Kier molecular flexibility index (Phi) is 4.50. The van der Waals surface area contributed by atoms with Gasteiger partial charge in [-0.3, -0.25) is 0 Å². The van der Waals surface area contributed by atoms with Gasteiger partial charge in [0, 0.05) is 13.6 Å². The Balaban J connectivity index is 2.19. The minimum Gasteiger partial charge on any atom is -0.478 e. The molecule has 0 spiro atoms. The van der Waals surface area contributed by atoms with Gasteiger partial charge >= 0.3 is 5.97 Å². The van der Waals surface area contributed by atoms with Crippen molar-refractivity contribution in [2.75, 3.05) is 11.9 Å². The van der Waals surface area contributed by atoms with Gasteiger partial charge in [-0.2, -0.15) is 0 Å². The largest absolute Gasteiger partial charge is 0.478 e. The fourth-order valence-corrected chi connectivity index (χ4v) is 3.26. The Morgan fingerprint density at radius 3 is 2.74 bits per heavy atom. The standard InChI is InChI=1S/C13H11BrClNO2S/c1-16(6-8-4-12(14)19-7-8)11-3-2-9(13(17)18)5-10(11)15/h2-5,7H,6H2,1H3,(H,17,18). The maximum atomic E-state index is 10.9. The highest BCUT2D eigenvalue weighted by molar-refractivity contribution is 9.11. The molecule has 0 unspecified atom stereocenters. The molecule has 0 radical (unpaired) electrons. The van der Waals surface area contributed by atoms with Crippen LogP contribution >= 0.6 is 38.9 Å². The molecular formula is C13H11BrClNO2S. The van der Waals surface area contributed by atoms with Crippen LogP contribution < -0.4 is 4.90 Å². The van der Waals surface area contributed by atoms with Crippen LogP contribution in [0.1, 0.15) is 15.9 Å². The second-order valence-corrected chi connectivity index (χ2v) is 6.78. The van der Waals surface area contributed by atoms with Crippen LogP contribution in [0.3, 0.4) is 0 Å². The Bertz CT molecular complexity index is 614. The van der Waals surface area contributed by atoms with Crippen molar-refractivity contribution in [1.29, 1.82) is 0 Å². The van der Waals surface area contributed by atoms with Gasteiger partial charge in [0.25, 0.3) is 0 Å². The van der Waals surface area contributed by atoms with Crippen LogP contribution in [-0.2, 0) is 6.54 Å². The number of carboxylic acid groups (broad SMARTS) is 1. The SMILES string of the molecule is CN(Cc1csc(Br)c1)c1ccc(C(=O)O)cc1Cl. The van der Waals surface area contributed by atoms with Crippen molar-refractivity contribution >= 4 is 50.5 Å². The van der Waals surface area contributed by atoms with Gasteiger partial charge in [0.2, 0.25) is 0 Å². The molecule has 1 heterocycles. The highest BCUT2D eigenvalue weighted by Crippen LogP contribution is 2.28. The summed E-state index contributed by atoms with van der Waals surface area (Å²) in [7, 11) is 1.92. The zero-order valence-electron chi connectivity index (χ0n) is 10.1. The summed E-state index contributed by atoms with van der Waals surface area (Å²) in [5.41, 5.74) is 2.19. The van der Waals surface area contributed by atoms with E-state index < -0.39 is 5.97 Å². The van der Waals surface area contributed by atoms with Crippen molar-refractivity contribution in [3.63, 3.8) is 0 Å². The van der Waals surface area contributed by atoms with Gasteiger partial charge in [-0.15, -0.1) is 11.3 Å². The highest BCUT2D eigenvalue weighted by atomic mass is 79.9. The Morgan fingerprint density at radius 1 is 1.47 bits per heavy atom. The molecular weight excluding hydrogens is 350 g/mol. The Labute approximate surface area is 128 Å². The number of anilines is 1. The maximum Gasteiger partial charge on any atom is 0.335 e. The minimum absolute atomic E-state index is 0.195. The third-order valence-corrected chi connectivity index (χ3v) is 4.50. The number of aromatic carboxylic acids is 1. The van der Waals surface area contributed by atoms with Gasteiger partial charge < -0.3 is 10.0 Å². The zero-order chi connectivity index (χ0) is 14.0. The van der Waals surface area contributed by atoms with Crippen LogP contribution in [-0.4, -0.2) is 18.1 Å². The summed E-state index contributed by atoms with van der Waals surface area (Å²) in [6, 6.07) is 6.82. The quantitative estimate of drug-likeness (QED) is 0.873. The van der Waals surface area contributed by atoms with Crippen LogP contribution in [0.2, 0.25) is 5.02 Å². The fraction of sp³-hybridized carbons (Fsp3) is 0.154. The summed E-state index contributed by atoms with van der Waals surface area (Å²) < 4.78 is 1.09.